The van der Waals surface area contributed by atoms with E-state index < -0.39 is 5.41 Å². The highest BCUT2D eigenvalue weighted by molar-refractivity contribution is 7.99. The van der Waals surface area contributed by atoms with E-state index in [-0.39, 0.29) is 0 Å². The van der Waals surface area contributed by atoms with Gasteiger partial charge in [-0.2, -0.15) is 0 Å². The lowest BCUT2D eigenvalue weighted by Crippen LogP contribution is -2.27. The number of hydrogen-bond donors (Lipinski definition) is 0. The third-order valence-electron chi connectivity index (χ3n) is 7.33. The fourth-order valence-electron chi connectivity index (χ4n) is 5.62. The quantitative estimate of drug-likeness (QED) is 0.0944. The van der Waals surface area contributed by atoms with Gasteiger partial charge >= 0.3 is 0 Å². The van der Waals surface area contributed by atoms with Gasteiger partial charge in [0.15, 0.2) is 5.16 Å². The molecule has 3 heterocycles. The van der Waals surface area contributed by atoms with Gasteiger partial charge < -0.3 is 4.79 Å². The van der Waals surface area contributed by atoms with Crippen LogP contribution in [0.3, 0.4) is 0 Å². The zero-order valence-electron chi connectivity index (χ0n) is 20.8. The van der Waals surface area contributed by atoms with Crippen molar-refractivity contribution >= 4 is 23.7 Å². The van der Waals surface area contributed by atoms with Crippen LogP contribution in [0.5, 0.6) is 0 Å². The van der Waals surface area contributed by atoms with Crippen LogP contribution in [0.1, 0.15) is 42.5 Å². The Hall–Kier alpha value is -3.77. The summed E-state index contributed by atoms with van der Waals surface area (Å²) < 4.78 is 2.08. The molecule has 1 aliphatic rings. The Labute approximate surface area is 221 Å². The second-order valence-electron chi connectivity index (χ2n) is 9.54. The molecule has 0 fully saturated rings. The van der Waals surface area contributed by atoms with Gasteiger partial charge in [0.25, 0.3) is 0 Å². The predicted octanol–water partition coefficient (Wildman–Crippen LogP) is 6.92. The second kappa shape index (κ2) is 9.94. The molecule has 184 valence electrons. The Bertz CT molecular complexity index is 1550. The first-order chi connectivity index (χ1) is 18.2. The Morgan fingerprint density at radius 3 is 2.35 bits per heavy atom. The zero-order valence-corrected chi connectivity index (χ0v) is 21.6. The van der Waals surface area contributed by atoms with Crippen LogP contribution in [0.2, 0.25) is 0 Å². The van der Waals surface area contributed by atoms with Crippen LogP contribution in [-0.4, -0.2) is 31.4 Å². The van der Waals surface area contributed by atoms with Crippen LogP contribution >= 0.6 is 11.8 Å². The third-order valence-corrected chi connectivity index (χ3v) is 8.28. The molecule has 0 bridgehead atoms. The molecule has 0 spiro atoms. The number of hydrogen-bond acceptors (Lipinski definition) is 5. The van der Waals surface area contributed by atoms with Crippen LogP contribution in [0.15, 0.2) is 90.3 Å². The number of aryl methyl sites for hydroxylation is 1. The van der Waals surface area contributed by atoms with Gasteiger partial charge in [-0.05, 0) is 60.2 Å². The molecule has 0 aliphatic heterocycles. The SMILES string of the molecule is Cc1nc2ccccn2c1-c1ccnc(SCCCCCC2(C=O)c3ccccc3-c3ccccc32)n1. The smallest absolute Gasteiger partial charge is 0.188 e. The summed E-state index contributed by atoms with van der Waals surface area (Å²) in [4.78, 5) is 26.5. The van der Waals surface area contributed by atoms with E-state index >= 15 is 0 Å². The Kier molecular flexibility index (Phi) is 6.35. The van der Waals surface area contributed by atoms with Gasteiger partial charge in [0.1, 0.15) is 11.9 Å². The molecular weight excluding hydrogens is 476 g/mol. The molecule has 0 atom stereocenters. The molecule has 0 radical (unpaired) electrons. The highest BCUT2D eigenvalue weighted by atomic mass is 32.2. The number of pyridine rings is 1. The fraction of sp³-hybridized carbons (Fsp3) is 0.226. The van der Waals surface area contributed by atoms with E-state index in [1.54, 1.807) is 11.8 Å². The van der Waals surface area contributed by atoms with Gasteiger partial charge in [-0.3, -0.25) is 4.40 Å². The normalized spacial score (nSPS) is 13.4. The minimum Gasteiger partial charge on any atom is -0.302 e. The van der Waals surface area contributed by atoms with Gasteiger partial charge in [-0.25, -0.2) is 15.0 Å². The summed E-state index contributed by atoms with van der Waals surface area (Å²) in [5, 5.41) is 0.783. The number of carbonyl (C=O) groups is 1. The topological polar surface area (TPSA) is 60.2 Å². The van der Waals surface area contributed by atoms with Crippen LogP contribution in [-0.2, 0) is 10.2 Å². The van der Waals surface area contributed by atoms with E-state index in [1.165, 1.54) is 17.4 Å². The largest absolute Gasteiger partial charge is 0.302 e. The molecule has 0 saturated heterocycles. The molecule has 5 aromatic rings. The maximum atomic E-state index is 12.6. The first kappa shape index (κ1) is 23.6. The molecule has 6 rings (SSSR count). The number of thioether (sulfide) groups is 1. The number of rotatable bonds is 9. The zero-order chi connectivity index (χ0) is 25.2. The van der Waals surface area contributed by atoms with E-state index in [1.807, 2.05) is 55.7 Å². The van der Waals surface area contributed by atoms with E-state index in [0.717, 1.165) is 70.4 Å². The van der Waals surface area contributed by atoms with Crippen molar-refractivity contribution in [3.63, 3.8) is 0 Å². The maximum absolute atomic E-state index is 12.6. The number of aldehydes is 1. The molecule has 0 saturated carbocycles. The van der Waals surface area contributed by atoms with Crippen molar-refractivity contribution in [3.05, 3.63) is 102 Å². The first-order valence-electron chi connectivity index (χ1n) is 12.8. The van der Waals surface area contributed by atoms with E-state index in [2.05, 4.69) is 50.8 Å². The number of unbranched alkanes of at least 4 members (excludes halogenated alkanes) is 2. The van der Waals surface area contributed by atoms with Crippen molar-refractivity contribution in [1.29, 1.82) is 0 Å². The number of fused-ring (bicyclic) bond motifs is 4. The van der Waals surface area contributed by atoms with Crippen molar-refractivity contribution in [2.75, 3.05) is 5.75 Å². The van der Waals surface area contributed by atoms with Gasteiger partial charge in [0, 0.05) is 18.1 Å². The number of imidazole rings is 1. The number of carbonyl (C=O) groups excluding carboxylic acids is 1. The summed E-state index contributed by atoms with van der Waals surface area (Å²) in [5.41, 5.74) is 7.92. The van der Waals surface area contributed by atoms with Crippen LogP contribution in [0.4, 0.5) is 0 Å². The maximum Gasteiger partial charge on any atom is 0.188 e. The highest BCUT2D eigenvalue weighted by Gasteiger charge is 2.42. The number of nitrogens with zero attached hydrogens (tertiary/aromatic N) is 4. The monoisotopic (exact) mass is 504 g/mol. The lowest BCUT2D eigenvalue weighted by molar-refractivity contribution is -0.111. The van der Waals surface area contributed by atoms with Crippen molar-refractivity contribution in [2.24, 2.45) is 0 Å². The number of benzene rings is 2. The third kappa shape index (κ3) is 4.15. The van der Waals surface area contributed by atoms with Crippen LogP contribution < -0.4 is 0 Å². The van der Waals surface area contributed by atoms with Crippen LogP contribution in [0.25, 0.3) is 28.2 Å². The summed E-state index contributed by atoms with van der Waals surface area (Å²) in [5.74, 6) is 0.941. The van der Waals surface area contributed by atoms with Gasteiger partial charge in [-0.15, -0.1) is 0 Å². The first-order valence-corrected chi connectivity index (χ1v) is 13.8. The molecule has 0 amide bonds. The van der Waals surface area contributed by atoms with Crippen molar-refractivity contribution in [2.45, 2.75) is 43.2 Å². The van der Waals surface area contributed by atoms with Gasteiger partial charge in [-0.1, -0.05) is 79.2 Å². The number of aromatic nitrogens is 4. The standard InChI is InChI=1S/C31H28N4OS/c1-22-29(35-19-9-7-15-28(35)33-22)27-16-18-32-30(34-27)37-20-10-2-8-17-31(21-36)25-13-5-3-11-23(25)24-12-4-6-14-26(24)31/h3-7,9,11-16,18-19,21H,2,8,10,17,20H2,1H3. The minimum absolute atomic E-state index is 0.538. The van der Waals surface area contributed by atoms with Crippen molar-refractivity contribution < 1.29 is 4.79 Å². The Morgan fingerprint density at radius 1 is 0.865 bits per heavy atom. The molecule has 2 aromatic carbocycles. The molecule has 37 heavy (non-hydrogen) atoms. The molecule has 1 aliphatic carbocycles. The molecule has 6 heteroatoms. The van der Waals surface area contributed by atoms with Crippen LogP contribution in [0, 0.1) is 6.92 Å². The summed E-state index contributed by atoms with van der Waals surface area (Å²) in [6.45, 7) is 2.02. The predicted molar refractivity (Wildman–Crippen MR) is 149 cm³/mol. The fourth-order valence-corrected chi connectivity index (χ4v) is 6.45. The lowest BCUT2D eigenvalue weighted by atomic mass is 9.75. The van der Waals surface area contributed by atoms with Gasteiger partial charge in [0.05, 0.1) is 22.5 Å². The second-order valence-corrected chi connectivity index (χ2v) is 10.6. The molecule has 0 unspecified atom stereocenters. The van der Waals surface area contributed by atoms with E-state index in [4.69, 9.17) is 4.98 Å². The average Bonchev–Trinajstić information content (AvgIpc) is 3.43. The van der Waals surface area contributed by atoms with E-state index in [0.29, 0.717) is 0 Å². The molecule has 0 N–H and O–H groups in total. The van der Waals surface area contributed by atoms with Crippen molar-refractivity contribution in [1.82, 2.24) is 19.4 Å². The van der Waals surface area contributed by atoms with Crippen molar-refractivity contribution in [3.8, 4) is 22.5 Å². The Balaban J connectivity index is 1.09. The Morgan fingerprint density at radius 2 is 1.59 bits per heavy atom. The molecule has 3 aromatic heterocycles. The average molecular weight is 505 g/mol. The minimum atomic E-state index is -0.538. The molecule has 5 nitrogen and oxygen atoms in total. The summed E-state index contributed by atoms with van der Waals surface area (Å²) in [6, 6.07) is 24.7. The summed E-state index contributed by atoms with van der Waals surface area (Å²) in [7, 11) is 0. The molecular formula is C31H28N4OS. The lowest BCUT2D eigenvalue weighted by Gasteiger charge is -2.25. The summed E-state index contributed by atoms with van der Waals surface area (Å²) in [6.07, 6.45) is 8.94. The highest BCUT2D eigenvalue weighted by Crippen LogP contribution is 2.50. The summed E-state index contributed by atoms with van der Waals surface area (Å²) >= 11 is 1.69. The van der Waals surface area contributed by atoms with Gasteiger partial charge in [0.2, 0.25) is 0 Å². The van der Waals surface area contributed by atoms with E-state index in [9.17, 15) is 4.79 Å².